The Hall–Kier alpha value is -2.89. The van der Waals surface area contributed by atoms with Crippen LogP contribution in [-0.2, 0) is 5.41 Å². The van der Waals surface area contributed by atoms with Crippen LogP contribution < -0.4 is 5.32 Å². The summed E-state index contributed by atoms with van der Waals surface area (Å²) in [6.07, 6.45) is 1.66. The van der Waals surface area contributed by atoms with Crippen LogP contribution >= 0.6 is 0 Å². The highest BCUT2D eigenvalue weighted by Gasteiger charge is 2.51. The van der Waals surface area contributed by atoms with Crippen LogP contribution in [0.15, 0.2) is 66.7 Å². The van der Waals surface area contributed by atoms with E-state index >= 15 is 0 Å². The van der Waals surface area contributed by atoms with Crippen molar-refractivity contribution in [1.82, 2.24) is 10.2 Å². The number of phenols is 1. The van der Waals surface area contributed by atoms with Gasteiger partial charge in [-0.15, -0.1) is 0 Å². The fourth-order valence-corrected chi connectivity index (χ4v) is 5.90. The van der Waals surface area contributed by atoms with Gasteiger partial charge < -0.3 is 20.4 Å². The lowest BCUT2D eigenvalue weighted by Crippen LogP contribution is -2.60. The molecule has 32 heavy (non-hydrogen) atoms. The molecular weight excluding hydrogens is 400 g/mol. The van der Waals surface area contributed by atoms with Crippen LogP contribution in [0.1, 0.15) is 35.2 Å². The number of benzene rings is 3. The van der Waals surface area contributed by atoms with E-state index in [1.165, 1.54) is 0 Å². The highest BCUT2D eigenvalue weighted by atomic mass is 16.3. The summed E-state index contributed by atoms with van der Waals surface area (Å²) in [5.74, 6) is 0.202. The van der Waals surface area contributed by atoms with Gasteiger partial charge in [0.25, 0.3) is 5.91 Å². The molecule has 3 aromatic carbocycles. The number of piperidine rings is 1. The van der Waals surface area contributed by atoms with E-state index in [4.69, 9.17) is 0 Å². The second-order valence-electron chi connectivity index (χ2n) is 9.56. The standard InChI is InChI=1S/C27H30N2O3/c1-29-12-11-27(21-7-4-8-23(30)14-21)16-22(15-25(31)24(27)17-29)28-26(32)20-10-9-18-5-2-3-6-19(18)13-20/h2-10,13-14,22,24-25,30-31H,11-12,15-17H2,1H3,(H,28,32). The quantitative estimate of drug-likeness (QED) is 0.593. The van der Waals surface area contributed by atoms with Crippen LogP contribution in [0.2, 0.25) is 0 Å². The molecule has 2 aliphatic rings. The number of nitrogens with zero attached hydrogens (tertiary/aromatic N) is 1. The van der Waals surface area contributed by atoms with Gasteiger partial charge in [-0.1, -0.05) is 42.5 Å². The summed E-state index contributed by atoms with van der Waals surface area (Å²) in [6, 6.07) is 21.1. The SMILES string of the molecule is CN1CCC2(c3cccc(O)c3)CC(NC(=O)c3ccc4ccccc4c3)CC(O)C2C1. The number of aromatic hydroxyl groups is 1. The Labute approximate surface area is 188 Å². The first kappa shape index (κ1) is 21.0. The number of hydrogen-bond acceptors (Lipinski definition) is 4. The summed E-state index contributed by atoms with van der Waals surface area (Å²) in [6.45, 7) is 1.73. The maximum atomic E-state index is 13.1. The van der Waals surface area contributed by atoms with Crippen molar-refractivity contribution in [3.8, 4) is 5.75 Å². The van der Waals surface area contributed by atoms with Crippen LogP contribution in [0.25, 0.3) is 10.8 Å². The summed E-state index contributed by atoms with van der Waals surface area (Å²) in [5.41, 5.74) is 1.42. The minimum Gasteiger partial charge on any atom is -0.508 e. The molecule has 1 saturated carbocycles. The maximum Gasteiger partial charge on any atom is 0.251 e. The van der Waals surface area contributed by atoms with Crippen molar-refractivity contribution in [2.45, 2.75) is 36.8 Å². The fraction of sp³-hybridized carbons (Fsp3) is 0.370. The molecule has 0 radical (unpaired) electrons. The molecular formula is C27H30N2O3. The second kappa shape index (κ2) is 8.23. The highest BCUT2D eigenvalue weighted by molar-refractivity contribution is 5.98. The molecule has 3 N–H and O–H groups in total. The number of carbonyl (C=O) groups is 1. The second-order valence-corrected chi connectivity index (χ2v) is 9.56. The molecule has 1 heterocycles. The van der Waals surface area contributed by atoms with Gasteiger partial charge in [-0.05, 0) is 73.5 Å². The predicted octanol–water partition coefficient (Wildman–Crippen LogP) is 3.69. The van der Waals surface area contributed by atoms with E-state index in [0.717, 1.165) is 42.3 Å². The third-order valence-corrected chi connectivity index (χ3v) is 7.53. The van der Waals surface area contributed by atoms with E-state index in [1.807, 2.05) is 54.6 Å². The Bertz CT molecular complexity index is 1150. The van der Waals surface area contributed by atoms with E-state index in [0.29, 0.717) is 12.0 Å². The van der Waals surface area contributed by atoms with Gasteiger partial charge in [-0.2, -0.15) is 0 Å². The van der Waals surface area contributed by atoms with Crippen LogP contribution in [0.5, 0.6) is 5.75 Å². The minimum atomic E-state index is -0.518. The molecule has 4 unspecified atom stereocenters. The highest BCUT2D eigenvalue weighted by Crippen LogP contribution is 2.49. The van der Waals surface area contributed by atoms with Gasteiger partial charge in [0.15, 0.2) is 0 Å². The Morgan fingerprint density at radius 1 is 1.06 bits per heavy atom. The van der Waals surface area contributed by atoms with Gasteiger partial charge in [0.05, 0.1) is 6.10 Å². The van der Waals surface area contributed by atoms with Gasteiger partial charge in [-0.3, -0.25) is 4.79 Å². The number of phenolic OH excluding ortho intramolecular Hbond substituents is 1. The Morgan fingerprint density at radius 2 is 1.88 bits per heavy atom. The summed E-state index contributed by atoms with van der Waals surface area (Å²) in [7, 11) is 2.09. The van der Waals surface area contributed by atoms with E-state index in [9.17, 15) is 15.0 Å². The molecule has 5 nitrogen and oxygen atoms in total. The first-order valence-electron chi connectivity index (χ1n) is 11.4. The molecule has 2 fully saturated rings. The Morgan fingerprint density at radius 3 is 2.69 bits per heavy atom. The van der Waals surface area contributed by atoms with Gasteiger partial charge in [-0.25, -0.2) is 0 Å². The monoisotopic (exact) mass is 430 g/mol. The number of rotatable bonds is 3. The fourth-order valence-electron chi connectivity index (χ4n) is 5.90. The maximum absolute atomic E-state index is 13.1. The number of likely N-dealkylation sites (tertiary alicyclic amines) is 1. The number of amides is 1. The third kappa shape index (κ3) is 3.76. The smallest absolute Gasteiger partial charge is 0.251 e. The van der Waals surface area contributed by atoms with Crippen molar-refractivity contribution in [2.75, 3.05) is 20.1 Å². The average molecular weight is 431 g/mol. The number of aliphatic hydroxyl groups excluding tert-OH is 1. The molecule has 1 amide bonds. The van der Waals surface area contributed by atoms with E-state index in [2.05, 4.69) is 23.3 Å². The molecule has 4 atom stereocenters. The molecule has 3 aromatic rings. The van der Waals surface area contributed by atoms with Crippen LogP contribution in [-0.4, -0.2) is 53.3 Å². The van der Waals surface area contributed by atoms with Crippen molar-refractivity contribution in [3.05, 3.63) is 77.9 Å². The average Bonchev–Trinajstić information content (AvgIpc) is 2.79. The van der Waals surface area contributed by atoms with Gasteiger partial charge in [0.1, 0.15) is 5.75 Å². The first-order valence-corrected chi connectivity index (χ1v) is 11.4. The molecule has 0 bridgehead atoms. The summed E-state index contributed by atoms with van der Waals surface area (Å²) >= 11 is 0. The summed E-state index contributed by atoms with van der Waals surface area (Å²) in [5, 5.41) is 26.7. The first-order chi connectivity index (χ1) is 15.4. The van der Waals surface area contributed by atoms with Gasteiger partial charge >= 0.3 is 0 Å². The minimum absolute atomic E-state index is 0.0665. The lowest BCUT2D eigenvalue weighted by molar-refractivity contribution is -0.0420. The van der Waals surface area contributed by atoms with Crippen molar-refractivity contribution in [1.29, 1.82) is 0 Å². The topological polar surface area (TPSA) is 72.8 Å². The summed E-state index contributed by atoms with van der Waals surface area (Å²) in [4.78, 5) is 15.4. The van der Waals surface area contributed by atoms with E-state index in [1.54, 1.807) is 6.07 Å². The van der Waals surface area contributed by atoms with Crippen molar-refractivity contribution >= 4 is 16.7 Å². The zero-order valence-corrected chi connectivity index (χ0v) is 18.4. The third-order valence-electron chi connectivity index (χ3n) is 7.53. The number of fused-ring (bicyclic) bond motifs is 2. The van der Waals surface area contributed by atoms with Gasteiger partial charge in [0.2, 0.25) is 0 Å². The Kier molecular flexibility index (Phi) is 5.39. The molecule has 166 valence electrons. The molecule has 5 rings (SSSR count). The van der Waals surface area contributed by atoms with E-state index in [-0.39, 0.29) is 29.0 Å². The molecule has 0 aromatic heterocycles. The van der Waals surface area contributed by atoms with Crippen LogP contribution in [0.3, 0.4) is 0 Å². The largest absolute Gasteiger partial charge is 0.508 e. The van der Waals surface area contributed by atoms with Crippen LogP contribution in [0.4, 0.5) is 0 Å². The van der Waals surface area contributed by atoms with Crippen molar-refractivity contribution in [2.24, 2.45) is 5.92 Å². The molecule has 0 spiro atoms. The number of aliphatic hydroxyl groups is 1. The zero-order valence-electron chi connectivity index (χ0n) is 18.4. The van der Waals surface area contributed by atoms with Crippen LogP contribution in [0, 0.1) is 5.92 Å². The number of nitrogens with one attached hydrogen (secondary N) is 1. The normalized spacial score (nSPS) is 28.2. The number of hydrogen-bond donors (Lipinski definition) is 3. The lowest BCUT2D eigenvalue weighted by atomic mass is 9.57. The van der Waals surface area contributed by atoms with Crippen molar-refractivity contribution in [3.63, 3.8) is 0 Å². The van der Waals surface area contributed by atoms with Gasteiger partial charge in [0, 0.05) is 29.5 Å². The molecule has 1 aliphatic heterocycles. The zero-order chi connectivity index (χ0) is 22.3. The molecule has 1 aliphatic carbocycles. The molecule has 5 heteroatoms. The Balaban J connectivity index is 1.43. The summed E-state index contributed by atoms with van der Waals surface area (Å²) < 4.78 is 0. The van der Waals surface area contributed by atoms with Crippen molar-refractivity contribution < 1.29 is 15.0 Å². The molecule has 1 saturated heterocycles. The predicted molar refractivity (Wildman–Crippen MR) is 126 cm³/mol. The number of carbonyl (C=O) groups excluding carboxylic acids is 1. The van der Waals surface area contributed by atoms with E-state index < -0.39 is 6.10 Å². The lowest BCUT2D eigenvalue weighted by Gasteiger charge is -2.54.